The normalized spacial score (nSPS) is 11.9. The van der Waals surface area contributed by atoms with Gasteiger partial charge in [0.25, 0.3) is 0 Å². The molecule has 0 fully saturated rings. The molecule has 0 radical (unpaired) electrons. The summed E-state index contributed by atoms with van der Waals surface area (Å²) in [4.78, 5) is 21.0. The van der Waals surface area contributed by atoms with Crippen LogP contribution in [0, 0.1) is 0 Å². The van der Waals surface area contributed by atoms with Gasteiger partial charge in [0.2, 0.25) is 5.91 Å². The zero-order chi connectivity index (χ0) is 16.9. The monoisotopic (exact) mass is 357 g/mol. The molecule has 122 valence electrons. The standard InChI is InChI=1S/C18H16ClN3OS/c1-12(13-5-7-14(19)8-6-13)21-17(23)10-15-11-24-18(22-15)16-4-2-3-9-20-16/h2-9,11-12H,10H2,1H3,(H,21,23). The number of nitrogens with zero attached hydrogens (tertiary/aromatic N) is 2. The third-order valence-corrected chi connectivity index (χ3v) is 4.69. The maximum atomic E-state index is 12.2. The van der Waals surface area contributed by atoms with Gasteiger partial charge in [0, 0.05) is 16.6 Å². The summed E-state index contributed by atoms with van der Waals surface area (Å²) in [6, 6.07) is 13.1. The fraction of sp³-hybridized carbons (Fsp3) is 0.167. The Bertz CT molecular complexity index is 818. The van der Waals surface area contributed by atoms with Crippen molar-refractivity contribution in [3.63, 3.8) is 0 Å². The lowest BCUT2D eigenvalue weighted by molar-refractivity contribution is -0.121. The maximum absolute atomic E-state index is 12.2. The molecular formula is C18H16ClN3OS. The van der Waals surface area contributed by atoms with E-state index in [-0.39, 0.29) is 18.4 Å². The molecule has 2 aromatic heterocycles. The smallest absolute Gasteiger partial charge is 0.226 e. The van der Waals surface area contributed by atoms with E-state index in [0.717, 1.165) is 22.0 Å². The fourth-order valence-electron chi connectivity index (χ4n) is 2.29. The van der Waals surface area contributed by atoms with Crippen molar-refractivity contribution in [2.75, 3.05) is 0 Å². The lowest BCUT2D eigenvalue weighted by Gasteiger charge is -2.14. The Morgan fingerprint density at radius 3 is 2.75 bits per heavy atom. The predicted molar refractivity (Wildman–Crippen MR) is 97.1 cm³/mol. The molecule has 1 unspecified atom stereocenters. The van der Waals surface area contributed by atoms with Gasteiger partial charge in [-0.1, -0.05) is 29.8 Å². The number of pyridine rings is 1. The van der Waals surface area contributed by atoms with Crippen molar-refractivity contribution in [1.29, 1.82) is 0 Å². The van der Waals surface area contributed by atoms with Crippen molar-refractivity contribution in [3.8, 4) is 10.7 Å². The number of amides is 1. The van der Waals surface area contributed by atoms with E-state index in [1.165, 1.54) is 11.3 Å². The quantitative estimate of drug-likeness (QED) is 0.741. The Labute approximate surface area is 149 Å². The number of hydrogen-bond acceptors (Lipinski definition) is 4. The molecule has 1 atom stereocenters. The number of halogens is 1. The first-order chi connectivity index (χ1) is 11.6. The Morgan fingerprint density at radius 1 is 1.25 bits per heavy atom. The van der Waals surface area contributed by atoms with Crippen molar-refractivity contribution in [2.24, 2.45) is 0 Å². The van der Waals surface area contributed by atoms with Crippen LogP contribution in [0.5, 0.6) is 0 Å². The fourth-order valence-corrected chi connectivity index (χ4v) is 3.21. The Kier molecular flexibility index (Phi) is 5.23. The van der Waals surface area contributed by atoms with Crippen LogP contribution in [-0.4, -0.2) is 15.9 Å². The molecule has 0 aliphatic rings. The van der Waals surface area contributed by atoms with Gasteiger partial charge in [-0.3, -0.25) is 9.78 Å². The molecule has 0 saturated carbocycles. The summed E-state index contributed by atoms with van der Waals surface area (Å²) < 4.78 is 0. The van der Waals surface area contributed by atoms with E-state index >= 15 is 0 Å². The first-order valence-electron chi connectivity index (χ1n) is 7.52. The zero-order valence-electron chi connectivity index (χ0n) is 13.1. The van der Waals surface area contributed by atoms with E-state index < -0.39 is 0 Å². The van der Waals surface area contributed by atoms with Crippen LogP contribution in [0.4, 0.5) is 0 Å². The number of aromatic nitrogens is 2. The Hall–Kier alpha value is -2.24. The molecule has 1 N–H and O–H groups in total. The topological polar surface area (TPSA) is 54.9 Å². The molecule has 3 aromatic rings. The van der Waals surface area contributed by atoms with Crippen molar-refractivity contribution in [1.82, 2.24) is 15.3 Å². The summed E-state index contributed by atoms with van der Waals surface area (Å²) in [5.74, 6) is -0.0599. The van der Waals surface area contributed by atoms with Gasteiger partial charge >= 0.3 is 0 Å². The first-order valence-corrected chi connectivity index (χ1v) is 8.78. The van der Waals surface area contributed by atoms with Crippen LogP contribution in [0.1, 0.15) is 24.2 Å². The Balaban J connectivity index is 1.61. The van der Waals surface area contributed by atoms with Gasteiger partial charge in [-0.15, -0.1) is 11.3 Å². The molecule has 1 aromatic carbocycles. The lowest BCUT2D eigenvalue weighted by atomic mass is 10.1. The number of carbonyl (C=O) groups is 1. The summed E-state index contributed by atoms with van der Waals surface area (Å²) in [5, 5.41) is 6.38. The van der Waals surface area contributed by atoms with Crippen LogP contribution in [0.3, 0.4) is 0 Å². The number of hydrogen-bond donors (Lipinski definition) is 1. The van der Waals surface area contributed by atoms with E-state index in [0.29, 0.717) is 5.02 Å². The van der Waals surface area contributed by atoms with Crippen LogP contribution >= 0.6 is 22.9 Å². The van der Waals surface area contributed by atoms with E-state index in [1.54, 1.807) is 6.20 Å². The average molecular weight is 358 g/mol. The molecule has 2 heterocycles. The highest BCUT2D eigenvalue weighted by Gasteiger charge is 2.13. The summed E-state index contributed by atoms with van der Waals surface area (Å²) in [5.41, 5.74) is 2.59. The highest BCUT2D eigenvalue weighted by atomic mass is 35.5. The van der Waals surface area contributed by atoms with Crippen LogP contribution < -0.4 is 5.32 Å². The molecule has 3 rings (SSSR count). The average Bonchev–Trinajstić information content (AvgIpc) is 3.04. The highest BCUT2D eigenvalue weighted by molar-refractivity contribution is 7.13. The van der Waals surface area contributed by atoms with Crippen LogP contribution in [0.2, 0.25) is 5.02 Å². The lowest BCUT2D eigenvalue weighted by Crippen LogP contribution is -2.28. The van der Waals surface area contributed by atoms with E-state index in [1.807, 2.05) is 54.8 Å². The molecule has 0 bridgehead atoms. The van der Waals surface area contributed by atoms with Gasteiger partial charge in [0.15, 0.2) is 0 Å². The molecule has 24 heavy (non-hydrogen) atoms. The maximum Gasteiger partial charge on any atom is 0.226 e. The highest BCUT2D eigenvalue weighted by Crippen LogP contribution is 2.22. The molecule has 1 amide bonds. The number of carbonyl (C=O) groups excluding carboxylic acids is 1. The summed E-state index contributed by atoms with van der Waals surface area (Å²) in [7, 11) is 0. The zero-order valence-corrected chi connectivity index (χ0v) is 14.6. The van der Waals surface area contributed by atoms with Crippen molar-refractivity contribution in [2.45, 2.75) is 19.4 Å². The molecule has 6 heteroatoms. The van der Waals surface area contributed by atoms with Crippen LogP contribution in [0.25, 0.3) is 10.7 Å². The molecule has 0 aliphatic carbocycles. The second-order valence-corrected chi connectivity index (χ2v) is 6.67. The van der Waals surface area contributed by atoms with Crippen molar-refractivity contribution in [3.05, 3.63) is 70.3 Å². The molecule has 0 spiro atoms. The third kappa shape index (κ3) is 4.19. The number of nitrogens with one attached hydrogen (secondary N) is 1. The van der Waals surface area contributed by atoms with Gasteiger partial charge < -0.3 is 5.32 Å². The summed E-state index contributed by atoms with van der Waals surface area (Å²) >= 11 is 7.38. The van der Waals surface area contributed by atoms with E-state index in [4.69, 9.17) is 11.6 Å². The Morgan fingerprint density at radius 2 is 2.04 bits per heavy atom. The second kappa shape index (κ2) is 7.55. The predicted octanol–water partition coefficient (Wildman–Crippen LogP) is 4.28. The largest absolute Gasteiger partial charge is 0.349 e. The van der Waals surface area contributed by atoms with Gasteiger partial charge in [0.1, 0.15) is 5.01 Å². The van der Waals surface area contributed by atoms with Gasteiger partial charge in [0.05, 0.1) is 23.9 Å². The van der Waals surface area contributed by atoms with Crippen molar-refractivity contribution >= 4 is 28.8 Å². The third-order valence-electron chi connectivity index (χ3n) is 3.52. The number of rotatable bonds is 5. The molecular weight excluding hydrogens is 342 g/mol. The van der Waals surface area contributed by atoms with E-state index in [9.17, 15) is 4.79 Å². The number of benzene rings is 1. The summed E-state index contributed by atoms with van der Waals surface area (Å²) in [6.07, 6.45) is 1.98. The minimum atomic E-state index is -0.0799. The van der Waals surface area contributed by atoms with Gasteiger partial charge in [-0.2, -0.15) is 0 Å². The van der Waals surface area contributed by atoms with E-state index in [2.05, 4.69) is 15.3 Å². The van der Waals surface area contributed by atoms with Gasteiger partial charge in [-0.05, 0) is 36.8 Å². The second-order valence-electron chi connectivity index (χ2n) is 5.38. The molecule has 0 aliphatic heterocycles. The number of thiazole rings is 1. The van der Waals surface area contributed by atoms with Crippen LogP contribution in [-0.2, 0) is 11.2 Å². The van der Waals surface area contributed by atoms with Gasteiger partial charge in [-0.25, -0.2) is 4.98 Å². The van der Waals surface area contributed by atoms with Crippen molar-refractivity contribution < 1.29 is 4.79 Å². The minimum absolute atomic E-state index is 0.0599. The minimum Gasteiger partial charge on any atom is -0.349 e. The molecule has 4 nitrogen and oxygen atoms in total. The SMILES string of the molecule is CC(NC(=O)Cc1csc(-c2ccccn2)n1)c1ccc(Cl)cc1. The molecule has 0 saturated heterocycles. The van der Waals surface area contributed by atoms with Crippen LogP contribution in [0.15, 0.2) is 54.0 Å². The summed E-state index contributed by atoms with van der Waals surface area (Å²) in [6.45, 7) is 1.95. The first kappa shape index (κ1) is 16.6.